The smallest absolute Gasteiger partial charge is 0.143 e. The number of likely N-dealkylation sites (N-methyl/N-ethyl adjacent to an activating group) is 1. The van der Waals surface area contributed by atoms with Gasteiger partial charge in [-0.05, 0) is 35.0 Å². The predicted molar refractivity (Wildman–Crippen MR) is 61.6 cm³/mol. The summed E-state index contributed by atoms with van der Waals surface area (Å²) < 4.78 is 1.08. The van der Waals surface area contributed by atoms with Crippen LogP contribution in [0.15, 0.2) is 22.8 Å². The molecule has 76 valence electrons. The highest BCUT2D eigenvalue weighted by Gasteiger charge is 2.25. The van der Waals surface area contributed by atoms with E-state index >= 15 is 0 Å². The molecule has 1 aliphatic heterocycles. The first-order chi connectivity index (χ1) is 6.83. The van der Waals surface area contributed by atoms with Crippen molar-refractivity contribution in [2.75, 3.05) is 24.5 Å². The highest BCUT2D eigenvalue weighted by Crippen LogP contribution is 2.25. The minimum absolute atomic E-state index is 0.603. The fraction of sp³-hybridized carbons (Fsp3) is 0.500. The van der Waals surface area contributed by atoms with Crippen molar-refractivity contribution < 1.29 is 0 Å². The summed E-state index contributed by atoms with van der Waals surface area (Å²) in [5.74, 6) is 1.06. The molecule has 1 N–H and O–H groups in total. The molecule has 0 spiro atoms. The van der Waals surface area contributed by atoms with E-state index in [1.54, 1.807) is 0 Å². The molecule has 0 unspecified atom stereocenters. The molecule has 4 heteroatoms. The largest absolute Gasteiger partial charge is 0.350 e. The Hall–Kier alpha value is -0.610. The number of hydrogen-bond acceptors (Lipinski definition) is 3. The molecule has 1 aromatic heterocycles. The minimum Gasteiger partial charge on any atom is -0.350 e. The molecule has 0 bridgehead atoms. The molecule has 2 heterocycles. The maximum absolute atomic E-state index is 4.40. The van der Waals surface area contributed by atoms with Crippen LogP contribution < -0.4 is 10.2 Å². The van der Waals surface area contributed by atoms with E-state index in [1.165, 1.54) is 0 Å². The van der Waals surface area contributed by atoms with Crippen LogP contribution in [-0.2, 0) is 0 Å². The maximum Gasteiger partial charge on any atom is 0.143 e. The number of pyridine rings is 1. The Morgan fingerprint density at radius 2 is 2.43 bits per heavy atom. The van der Waals surface area contributed by atoms with Crippen molar-refractivity contribution in [1.82, 2.24) is 10.3 Å². The standard InChI is InChI=1S/C10H14BrN3/c1-2-14(8-6-12-7-8)10-9(11)4-3-5-13-10/h3-5,8,12H,2,6-7H2,1H3. The lowest BCUT2D eigenvalue weighted by Gasteiger charge is -2.38. The molecule has 1 saturated heterocycles. The second-order valence-corrected chi connectivity index (χ2v) is 4.26. The fourth-order valence-corrected chi connectivity index (χ4v) is 2.15. The first kappa shape index (κ1) is 9.93. The molecule has 0 atom stereocenters. The van der Waals surface area contributed by atoms with E-state index in [9.17, 15) is 0 Å². The molecule has 0 amide bonds. The molecule has 1 fully saturated rings. The van der Waals surface area contributed by atoms with E-state index in [0.29, 0.717) is 6.04 Å². The predicted octanol–water partition coefficient (Wildman–Crippen LogP) is 1.64. The topological polar surface area (TPSA) is 28.2 Å². The van der Waals surface area contributed by atoms with Crippen LogP contribution in [0.2, 0.25) is 0 Å². The van der Waals surface area contributed by atoms with Crippen LogP contribution in [0, 0.1) is 0 Å². The van der Waals surface area contributed by atoms with Gasteiger partial charge in [0.2, 0.25) is 0 Å². The SMILES string of the molecule is CCN(c1ncccc1Br)C1CNC1. The highest BCUT2D eigenvalue weighted by atomic mass is 79.9. The first-order valence-corrected chi connectivity index (χ1v) is 5.70. The monoisotopic (exact) mass is 255 g/mol. The average Bonchev–Trinajstić information content (AvgIpc) is 2.12. The molecule has 14 heavy (non-hydrogen) atoms. The molecule has 0 saturated carbocycles. The van der Waals surface area contributed by atoms with Crippen molar-refractivity contribution >= 4 is 21.7 Å². The Morgan fingerprint density at radius 1 is 1.64 bits per heavy atom. The van der Waals surface area contributed by atoms with E-state index in [1.807, 2.05) is 18.3 Å². The third kappa shape index (κ3) is 1.77. The van der Waals surface area contributed by atoms with Crippen molar-refractivity contribution in [2.24, 2.45) is 0 Å². The van der Waals surface area contributed by atoms with Gasteiger partial charge in [-0.1, -0.05) is 0 Å². The summed E-state index contributed by atoms with van der Waals surface area (Å²) in [7, 11) is 0. The number of nitrogens with zero attached hydrogens (tertiary/aromatic N) is 2. The van der Waals surface area contributed by atoms with Crippen LogP contribution in [0.5, 0.6) is 0 Å². The van der Waals surface area contributed by atoms with Crippen LogP contribution >= 0.6 is 15.9 Å². The fourth-order valence-electron chi connectivity index (χ4n) is 1.66. The van der Waals surface area contributed by atoms with Gasteiger partial charge in [-0.3, -0.25) is 0 Å². The molecule has 0 aliphatic carbocycles. The summed E-state index contributed by atoms with van der Waals surface area (Å²) in [6.45, 7) is 5.30. The summed E-state index contributed by atoms with van der Waals surface area (Å²) in [4.78, 5) is 6.74. The van der Waals surface area contributed by atoms with Crippen molar-refractivity contribution in [3.8, 4) is 0 Å². The van der Waals surface area contributed by atoms with Crippen LogP contribution in [0.1, 0.15) is 6.92 Å². The van der Waals surface area contributed by atoms with Crippen LogP contribution in [-0.4, -0.2) is 30.7 Å². The van der Waals surface area contributed by atoms with E-state index < -0.39 is 0 Å². The third-order valence-electron chi connectivity index (χ3n) is 2.55. The summed E-state index contributed by atoms with van der Waals surface area (Å²) in [5, 5.41) is 3.28. The van der Waals surface area contributed by atoms with Gasteiger partial charge in [0.05, 0.1) is 10.5 Å². The molecule has 3 nitrogen and oxygen atoms in total. The van der Waals surface area contributed by atoms with Crippen molar-refractivity contribution in [3.63, 3.8) is 0 Å². The first-order valence-electron chi connectivity index (χ1n) is 4.90. The number of nitrogens with one attached hydrogen (secondary N) is 1. The number of rotatable bonds is 3. The van der Waals surface area contributed by atoms with Crippen LogP contribution in [0.3, 0.4) is 0 Å². The van der Waals surface area contributed by atoms with E-state index in [0.717, 1.165) is 29.9 Å². The number of halogens is 1. The quantitative estimate of drug-likeness (QED) is 0.891. The minimum atomic E-state index is 0.603. The number of aromatic nitrogens is 1. The molecule has 2 rings (SSSR count). The zero-order valence-electron chi connectivity index (χ0n) is 8.20. The van der Waals surface area contributed by atoms with Crippen molar-refractivity contribution in [3.05, 3.63) is 22.8 Å². The average molecular weight is 256 g/mol. The summed E-state index contributed by atoms with van der Waals surface area (Å²) >= 11 is 3.53. The Kier molecular flexibility index (Phi) is 3.03. The van der Waals surface area contributed by atoms with Gasteiger partial charge in [-0.2, -0.15) is 0 Å². The second kappa shape index (κ2) is 4.28. The molecule has 1 aromatic rings. The van der Waals surface area contributed by atoms with Gasteiger partial charge < -0.3 is 10.2 Å². The Bertz CT molecular complexity index is 312. The van der Waals surface area contributed by atoms with E-state index in [4.69, 9.17) is 0 Å². The van der Waals surface area contributed by atoms with E-state index in [-0.39, 0.29) is 0 Å². The van der Waals surface area contributed by atoms with Gasteiger partial charge in [-0.25, -0.2) is 4.98 Å². The van der Waals surface area contributed by atoms with Gasteiger partial charge in [0.1, 0.15) is 5.82 Å². The van der Waals surface area contributed by atoms with Gasteiger partial charge in [-0.15, -0.1) is 0 Å². The highest BCUT2D eigenvalue weighted by molar-refractivity contribution is 9.10. The summed E-state index contributed by atoms with van der Waals surface area (Å²) in [6.07, 6.45) is 1.84. The molecule has 0 aromatic carbocycles. The van der Waals surface area contributed by atoms with Crippen LogP contribution in [0.4, 0.5) is 5.82 Å². The number of anilines is 1. The van der Waals surface area contributed by atoms with Gasteiger partial charge in [0.15, 0.2) is 0 Å². The summed E-state index contributed by atoms with van der Waals surface area (Å²) in [5.41, 5.74) is 0. The lowest BCUT2D eigenvalue weighted by molar-refractivity contribution is 0.415. The lowest BCUT2D eigenvalue weighted by Crippen LogP contribution is -2.57. The normalized spacial score (nSPS) is 16.4. The summed E-state index contributed by atoms with van der Waals surface area (Å²) in [6, 6.07) is 4.59. The third-order valence-corrected chi connectivity index (χ3v) is 3.17. The van der Waals surface area contributed by atoms with Crippen LogP contribution in [0.25, 0.3) is 0 Å². The Balaban J connectivity index is 2.22. The van der Waals surface area contributed by atoms with Gasteiger partial charge >= 0.3 is 0 Å². The molecular formula is C10H14BrN3. The molecular weight excluding hydrogens is 242 g/mol. The zero-order valence-corrected chi connectivity index (χ0v) is 9.79. The van der Waals surface area contributed by atoms with Crippen molar-refractivity contribution in [1.29, 1.82) is 0 Å². The molecule has 1 aliphatic rings. The van der Waals surface area contributed by atoms with Gasteiger partial charge in [0, 0.05) is 25.8 Å². The molecule has 0 radical (unpaired) electrons. The number of hydrogen-bond donors (Lipinski definition) is 1. The van der Waals surface area contributed by atoms with Gasteiger partial charge in [0.25, 0.3) is 0 Å². The Labute approximate surface area is 92.6 Å². The zero-order chi connectivity index (χ0) is 9.97. The second-order valence-electron chi connectivity index (χ2n) is 3.41. The van der Waals surface area contributed by atoms with E-state index in [2.05, 4.69) is 38.1 Å². The maximum atomic E-state index is 4.40. The van der Waals surface area contributed by atoms with Crippen molar-refractivity contribution in [2.45, 2.75) is 13.0 Å². The lowest BCUT2D eigenvalue weighted by atomic mass is 10.1. The Morgan fingerprint density at radius 3 is 2.93 bits per heavy atom.